The Morgan fingerprint density at radius 2 is 0.855 bits per heavy atom. The molecule has 0 saturated heterocycles. The zero-order chi connectivity index (χ0) is 36.3. The first kappa shape index (κ1) is 31.2. The second kappa shape index (κ2) is 12.6. The van der Waals surface area contributed by atoms with Crippen molar-refractivity contribution in [1.29, 1.82) is 0 Å². The van der Waals surface area contributed by atoms with Gasteiger partial charge in [0.05, 0.1) is 11.4 Å². The third-order valence-electron chi connectivity index (χ3n) is 10.9. The third-order valence-corrected chi connectivity index (χ3v) is 10.9. The van der Waals surface area contributed by atoms with Gasteiger partial charge < -0.3 is 4.42 Å². The van der Waals surface area contributed by atoms with Crippen LogP contribution in [0.15, 0.2) is 199 Å². The summed E-state index contributed by atoms with van der Waals surface area (Å²) in [5.74, 6) is 0.655. The van der Waals surface area contributed by atoms with Crippen LogP contribution in [0, 0.1) is 0 Å². The van der Waals surface area contributed by atoms with Crippen molar-refractivity contribution in [2.45, 2.75) is 0 Å². The van der Waals surface area contributed by atoms with Gasteiger partial charge in [0.2, 0.25) is 0 Å². The highest BCUT2D eigenvalue weighted by Crippen LogP contribution is 2.44. The average Bonchev–Trinajstić information content (AvgIpc) is 3.65. The fourth-order valence-electron chi connectivity index (χ4n) is 8.29. The largest absolute Gasteiger partial charge is 0.455 e. The van der Waals surface area contributed by atoms with Crippen LogP contribution in [-0.2, 0) is 0 Å². The summed E-state index contributed by atoms with van der Waals surface area (Å²) < 4.78 is 6.77. The Morgan fingerprint density at radius 1 is 0.327 bits per heavy atom. The van der Waals surface area contributed by atoms with Gasteiger partial charge in [-0.25, -0.2) is 9.97 Å². The van der Waals surface area contributed by atoms with E-state index in [0.717, 1.165) is 60.8 Å². The normalized spacial score (nSPS) is 11.6. The molecular weight excluding hydrogens is 669 g/mol. The highest BCUT2D eigenvalue weighted by atomic mass is 16.3. The summed E-state index contributed by atoms with van der Waals surface area (Å²) in [5.41, 5.74) is 11.1. The Kier molecular flexibility index (Phi) is 7.17. The molecule has 0 spiro atoms. The molecule has 0 aliphatic carbocycles. The van der Waals surface area contributed by atoms with Gasteiger partial charge in [-0.2, -0.15) is 0 Å². The van der Waals surface area contributed by atoms with E-state index < -0.39 is 0 Å². The zero-order valence-corrected chi connectivity index (χ0v) is 29.8. The number of furan rings is 1. The van der Waals surface area contributed by atoms with E-state index >= 15 is 0 Å². The van der Waals surface area contributed by atoms with Crippen LogP contribution in [0.4, 0.5) is 0 Å². The quantitative estimate of drug-likeness (QED) is 0.179. The minimum absolute atomic E-state index is 0.655. The van der Waals surface area contributed by atoms with Gasteiger partial charge in [0.1, 0.15) is 11.2 Å². The molecule has 0 N–H and O–H groups in total. The summed E-state index contributed by atoms with van der Waals surface area (Å²) in [6, 6.07) is 68.5. The van der Waals surface area contributed by atoms with E-state index in [1.54, 1.807) is 0 Å². The Balaban J connectivity index is 1.13. The molecule has 2 aromatic heterocycles. The topological polar surface area (TPSA) is 38.9 Å². The highest BCUT2D eigenvalue weighted by Gasteiger charge is 2.21. The van der Waals surface area contributed by atoms with E-state index in [9.17, 15) is 0 Å². The molecule has 55 heavy (non-hydrogen) atoms. The summed E-state index contributed by atoms with van der Waals surface area (Å²) in [5, 5.41) is 9.19. The molecule has 0 fully saturated rings. The first-order chi connectivity index (χ1) is 27.3. The summed E-state index contributed by atoms with van der Waals surface area (Å²) in [6.07, 6.45) is 0. The van der Waals surface area contributed by atoms with Crippen LogP contribution in [0.5, 0.6) is 0 Å². The summed E-state index contributed by atoms with van der Waals surface area (Å²) >= 11 is 0. The van der Waals surface area contributed by atoms with Gasteiger partial charge in [-0.1, -0.05) is 176 Å². The van der Waals surface area contributed by atoms with E-state index in [4.69, 9.17) is 14.4 Å². The number of aromatic nitrogens is 2. The third kappa shape index (κ3) is 5.20. The van der Waals surface area contributed by atoms with E-state index in [1.165, 1.54) is 43.8 Å². The minimum Gasteiger partial charge on any atom is -0.455 e. The molecule has 0 atom stereocenters. The molecule has 0 amide bonds. The van der Waals surface area contributed by atoms with Crippen LogP contribution in [-0.4, -0.2) is 9.97 Å². The average molecular weight is 701 g/mol. The van der Waals surface area contributed by atoms with Gasteiger partial charge in [0.15, 0.2) is 5.82 Å². The van der Waals surface area contributed by atoms with Crippen LogP contribution in [0.25, 0.3) is 110 Å². The number of nitrogens with zero attached hydrogens (tertiary/aromatic N) is 2. The van der Waals surface area contributed by atoms with Gasteiger partial charge in [0.25, 0.3) is 0 Å². The fourth-order valence-corrected chi connectivity index (χ4v) is 8.29. The Labute approximate surface area is 317 Å². The lowest BCUT2D eigenvalue weighted by Crippen LogP contribution is -1.96. The molecule has 0 saturated carbocycles. The summed E-state index contributed by atoms with van der Waals surface area (Å²) in [7, 11) is 0. The highest BCUT2D eigenvalue weighted by molar-refractivity contribution is 6.23. The van der Waals surface area contributed by atoms with Crippen molar-refractivity contribution in [3.8, 4) is 56.2 Å². The summed E-state index contributed by atoms with van der Waals surface area (Å²) in [6.45, 7) is 0. The van der Waals surface area contributed by atoms with E-state index in [-0.39, 0.29) is 0 Å². The van der Waals surface area contributed by atoms with Crippen molar-refractivity contribution in [3.63, 3.8) is 0 Å². The maximum absolute atomic E-state index is 6.77. The van der Waals surface area contributed by atoms with Crippen LogP contribution < -0.4 is 0 Å². The molecule has 0 radical (unpaired) electrons. The fraction of sp³-hybridized carbons (Fsp3) is 0. The van der Waals surface area contributed by atoms with Crippen LogP contribution in [0.3, 0.4) is 0 Å². The number of hydrogen-bond donors (Lipinski definition) is 0. The van der Waals surface area contributed by atoms with Crippen molar-refractivity contribution in [1.82, 2.24) is 9.97 Å². The zero-order valence-electron chi connectivity index (χ0n) is 29.8. The van der Waals surface area contributed by atoms with Crippen LogP contribution in [0.2, 0.25) is 0 Å². The molecule has 2 heterocycles. The smallest absolute Gasteiger partial charge is 0.161 e. The predicted molar refractivity (Wildman–Crippen MR) is 229 cm³/mol. The van der Waals surface area contributed by atoms with Gasteiger partial charge in [0, 0.05) is 32.8 Å². The molecule has 256 valence electrons. The van der Waals surface area contributed by atoms with E-state index in [1.807, 2.05) is 12.1 Å². The molecule has 0 unspecified atom stereocenters. The van der Waals surface area contributed by atoms with Crippen LogP contribution >= 0.6 is 0 Å². The Morgan fingerprint density at radius 3 is 1.58 bits per heavy atom. The van der Waals surface area contributed by atoms with Crippen molar-refractivity contribution < 1.29 is 4.42 Å². The molecule has 3 heteroatoms. The van der Waals surface area contributed by atoms with Crippen molar-refractivity contribution in [3.05, 3.63) is 194 Å². The molecule has 11 rings (SSSR count). The molecule has 9 aromatic carbocycles. The second-order valence-electron chi connectivity index (χ2n) is 14.1. The molecule has 0 aliphatic heterocycles. The van der Waals surface area contributed by atoms with Gasteiger partial charge in [-0.3, -0.25) is 0 Å². The van der Waals surface area contributed by atoms with E-state index in [2.05, 4.69) is 182 Å². The first-order valence-corrected chi connectivity index (χ1v) is 18.7. The SMILES string of the molecule is c1ccc(-c2cc(-c3ccc(-c4cccc5ccccc45)cc3)nc(-c3cccc4oc5c6ccccc6c(-c6cccc7ccccc67)cc5c34)n2)cc1. The molecule has 0 aliphatic rings. The van der Waals surface area contributed by atoms with Gasteiger partial charge >= 0.3 is 0 Å². The predicted octanol–water partition coefficient (Wildman–Crippen LogP) is 14.2. The van der Waals surface area contributed by atoms with E-state index in [0.29, 0.717) is 5.82 Å². The lowest BCUT2D eigenvalue weighted by atomic mass is 9.91. The number of hydrogen-bond acceptors (Lipinski definition) is 3. The lowest BCUT2D eigenvalue weighted by molar-refractivity contribution is 0.673. The maximum atomic E-state index is 6.77. The summed E-state index contributed by atoms with van der Waals surface area (Å²) in [4.78, 5) is 10.6. The van der Waals surface area contributed by atoms with Gasteiger partial charge in [-0.05, 0) is 67.4 Å². The molecule has 3 nitrogen and oxygen atoms in total. The van der Waals surface area contributed by atoms with Crippen molar-refractivity contribution in [2.75, 3.05) is 0 Å². The monoisotopic (exact) mass is 700 g/mol. The standard InChI is InChI=1S/C52H32N2O/c1-2-15-36(16-3-1)47-32-48(37-29-27-35(28-30-37)39-23-10-17-33-13-4-6-19-38(33)39)54-52(53-47)44-25-12-26-49-50(44)46-31-45(42-21-8-9-22-43(42)51(46)55-49)41-24-11-18-34-14-5-7-20-40(34)41/h1-32H. The lowest BCUT2D eigenvalue weighted by Gasteiger charge is -2.12. The molecular formula is C52H32N2O. The molecule has 0 bridgehead atoms. The number of benzene rings is 9. The van der Waals surface area contributed by atoms with Crippen LogP contribution in [0.1, 0.15) is 0 Å². The second-order valence-corrected chi connectivity index (χ2v) is 14.1. The minimum atomic E-state index is 0.655. The Hall–Kier alpha value is -7.36. The van der Waals surface area contributed by atoms with Crippen molar-refractivity contribution >= 4 is 54.3 Å². The first-order valence-electron chi connectivity index (χ1n) is 18.7. The number of rotatable bonds is 5. The Bertz CT molecular complexity index is 3240. The van der Waals surface area contributed by atoms with Gasteiger partial charge in [-0.15, -0.1) is 0 Å². The van der Waals surface area contributed by atoms with Crippen molar-refractivity contribution in [2.24, 2.45) is 0 Å². The number of fused-ring (bicyclic) bond motifs is 7. The molecule has 11 aromatic rings. The maximum Gasteiger partial charge on any atom is 0.161 e.